The number of aromatic nitrogens is 1. The van der Waals surface area contributed by atoms with Gasteiger partial charge in [-0.25, -0.2) is 4.85 Å². The lowest BCUT2D eigenvalue weighted by molar-refractivity contribution is 0.404. The smallest absolute Gasteiger partial charge is 0.187 e. The van der Waals surface area contributed by atoms with Crippen LogP contribution >= 0.6 is 0 Å². The Kier molecular flexibility index (Phi) is 2.44. The normalized spacial score (nSPS) is 10.8. The zero-order valence-electron chi connectivity index (χ0n) is 8.91. The molecule has 3 nitrogen and oxygen atoms in total. The zero-order chi connectivity index (χ0) is 10.8. The van der Waals surface area contributed by atoms with E-state index in [1.807, 2.05) is 38.5 Å². The molecule has 0 amide bonds. The van der Waals surface area contributed by atoms with Crippen LogP contribution < -0.4 is 0 Å². The molecule has 0 saturated carbocycles. The van der Waals surface area contributed by atoms with Gasteiger partial charge in [-0.05, 0) is 37.2 Å². The van der Waals surface area contributed by atoms with Crippen LogP contribution in [0.3, 0.4) is 0 Å². The van der Waals surface area contributed by atoms with E-state index in [-0.39, 0.29) is 0 Å². The topological polar surface area (TPSA) is 23.4 Å². The first-order valence-corrected chi connectivity index (χ1v) is 4.83. The van der Waals surface area contributed by atoms with Crippen molar-refractivity contribution in [1.82, 2.24) is 9.88 Å². The molecule has 0 unspecified atom stereocenters. The summed E-state index contributed by atoms with van der Waals surface area (Å²) in [7, 11) is 4.08. The van der Waals surface area contributed by atoms with Gasteiger partial charge in [-0.3, -0.25) is 0 Å². The Morgan fingerprint density at radius 2 is 2.20 bits per heavy atom. The van der Waals surface area contributed by atoms with Crippen LogP contribution in [0.15, 0.2) is 24.4 Å². The molecule has 15 heavy (non-hydrogen) atoms. The standard InChI is InChI=1S/C12H13N3/c1-13-10-4-5-12-11(6-10)9(7-14-12)8-15(2)3/h4-7,14H,8H2,2-3H3. The van der Waals surface area contributed by atoms with Crippen LogP contribution in [0.1, 0.15) is 5.56 Å². The fraction of sp³-hybridized carbons (Fsp3) is 0.250. The summed E-state index contributed by atoms with van der Waals surface area (Å²) in [6.45, 7) is 7.88. The predicted octanol–water partition coefficient (Wildman–Crippen LogP) is 2.78. The van der Waals surface area contributed by atoms with Gasteiger partial charge in [0, 0.05) is 18.3 Å². The quantitative estimate of drug-likeness (QED) is 0.738. The predicted molar refractivity (Wildman–Crippen MR) is 62.0 cm³/mol. The molecule has 76 valence electrons. The van der Waals surface area contributed by atoms with Crippen LogP contribution in [0.4, 0.5) is 5.69 Å². The molecule has 1 N–H and O–H groups in total. The molecule has 3 heteroatoms. The lowest BCUT2D eigenvalue weighted by Crippen LogP contribution is -2.09. The first-order valence-electron chi connectivity index (χ1n) is 4.83. The highest BCUT2D eigenvalue weighted by molar-refractivity contribution is 5.86. The number of rotatable bonds is 2. The van der Waals surface area contributed by atoms with E-state index in [2.05, 4.69) is 14.7 Å². The van der Waals surface area contributed by atoms with Crippen LogP contribution in [0, 0.1) is 6.57 Å². The summed E-state index contributed by atoms with van der Waals surface area (Å²) >= 11 is 0. The zero-order valence-corrected chi connectivity index (χ0v) is 8.91. The van der Waals surface area contributed by atoms with Crippen LogP contribution in [-0.4, -0.2) is 24.0 Å². The average molecular weight is 199 g/mol. The Hall–Kier alpha value is -1.79. The van der Waals surface area contributed by atoms with Gasteiger partial charge < -0.3 is 9.88 Å². The van der Waals surface area contributed by atoms with E-state index in [9.17, 15) is 0 Å². The lowest BCUT2D eigenvalue weighted by atomic mass is 10.1. The van der Waals surface area contributed by atoms with Gasteiger partial charge in [0.05, 0.1) is 6.57 Å². The Bertz CT molecular complexity index is 517. The summed E-state index contributed by atoms with van der Waals surface area (Å²) in [6, 6.07) is 5.74. The maximum Gasteiger partial charge on any atom is 0.187 e. The van der Waals surface area contributed by atoms with Crippen molar-refractivity contribution in [2.24, 2.45) is 0 Å². The van der Waals surface area contributed by atoms with E-state index < -0.39 is 0 Å². The molecule has 2 rings (SSSR count). The molecule has 0 spiro atoms. The maximum absolute atomic E-state index is 6.99. The highest BCUT2D eigenvalue weighted by Gasteiger charge is 2.04. The lowest BCUT2D eigenvalue weighted by Gasteiger charge is -2.07. The number of hydrogen-bond donors (Lipinski definition) is 1. The SMILES string of the molecule is [C-]#[N+]c1ccc2[nH]cc(CN(C)C)c2c1. The van der Waals surface area contributed by atoms with Crippen molar-refractivity contribution in [3.8, 4) is 0 Å². The monoisotopic (exact) mass is 199 g/mol. The summed E-state index contributed by atoms with van der Waals surface area (Å²) in [5.41, 5.74) is 3.03. The molecule has 1 aromatic carbocycles. The van der Waals surface area contributed by atoms with Gasteiger partial charge in [0.15, 0.2) is 5.69 Å². The first kappa shape index (κ1) is 9.75. The molecule has 0 aliphatic carbocycles. The van der Waals surface area contributed by atoms with E-state index in [1.54, 1.807) is 0 Å². The van der Waals surface area contributed by atoms with Gasteiger partial charge in [0.25, 0.3) is 0 Å². The number of hydrogen-bond acceptors (Lipinski definition) is 1. The second-order valence-corrected chi connectivity index (χ2v) is 3.89. The Morgan fingerprint density at radius 3 is 2.87 bits per heavy atom. The summed E-state index contributed by atoms with van der Waals surface area (Å²) in [5, 5.41) is 1.15. The first-order chi connectivity index (χ1) is 7.20. The molecule has 1 aromatic heterocycles. The van der Waals surface area contributed by atoms with Crippen LogP contribution in [0.2, 0.25) is 0 Å². The third-order valence-electron chi connectivity index (χ3n) is 2.37. The van der Waals surface area contributed by atoms with Gasteiger partial charge in [0.1, 0.15) is 0 Å². The minimum absolute atomic E-state index is 0.696. The number of benzene rings is 1. The molecule has 0 saturated heterocycles. The number of H-pyrrole nitrogens is 1. The van der Waals surface area contributed by atoms with Gasteiger partial charge in [-0.15, -0.1) is 0 Å². The molecule has 0 atom stereocenters. The molecule has 1 heterocycles. The molecule has 0 radical (unpaired) electrons. The fourth-order valence-electron chi connectivity index (χ4n) is 1.71. The highest BCUT2D eigenvalue weighted by atomic mass is 15.0. The third kappa shape index (κ3) is 1.85. The largest absolute Gasteiger partial charge is 0.361 e. The maximum atomic E-state index is 6.99. The van der Waals surface area contributed by atoms with Crippen molar-refractivity contribution in [1.29, 1.82) is 0 Å². The van der Waals surface area contributed by atoms with Crippen LogP contribution in [0.5, 0.6) is 0 Å². The summed E-state index contributed by atoms with van der Waals surface area (Å²) in [5.74, 6) is 0. The Balaban J connectivity index is 2.52. The molecule has 0 aliphatic heterocycles. The van der Waals surface area contributed by atoms with Gasteiger partial charge in [-0.2, -0.15) is 0 Å². The number of nitrogens with zero attached hydrogens (tertiary/aromatic N) is 2. The molecule has 0 fully saturated rings. The molecular weight excluding hydrogens is 186 g/mol. The second kappa shape index (κ2) is 3.76. The minimum atomic E-state index is 0.696. The van der Waals surface area contributed by atoms with Gasteiger partial charge in [0.2, 0.25) is 0 Å². The van der Waals surface area contributed by atoms with Crippen molar-refractivity contribution in [3.63, 3.8) is 0 Å². The summed E-state index contributed by atoms with van der Waals surface area (Å²) < 4.78 is 0. The Morgan fingerprint density at radius 1 is 1.40 bits per heavy atom. The van der Waals surface area contributed by atoms with Gasteiger partial charge >= 0.3 is 0 Å². The van der Waals surface area contributed by atoms with E-state index >= 15 is 0 Å². The number of fused-ring (bicyclic) bond motifs is 1. The van der Waals surface area contributed by atoms with E-state index in [0.717, 1.165) is 17.4 Å². The number of nitrogens with one attached hydrogen (secondary N) is 1. The van der Waals surface area contributed by atoms with E-state index in [0.29, 0.717) is 5.69 Å². The molecule has 0 aliphatic rings. The number of aromatic amines is 1. The fourth-order valence-corrected chi connectivity index (χ4v) is 1.71. The van der Waals surface area contributed by atoms with Crippen molar-refractivity contribution in [3.05, 3.63) is 41.4 Å². The second-order valence-electron chi connectivity index (χ2n) is 3.89. The minimum Gasteiger partial charge on any atom is -0.361 e. The van der Waals surface area contributed by atoms with Gasteiger partial charge in [-0.1, -0.05) is 6.07 Å². The van der Waals surface area contributed by atoms with E-state index in [4.69, 9.17) is 6.57 Å². The van der Waals surface area contributed by atoms with E-state index in [1.165, 1.54) is 5.56 Å². The van der Waals surface area contributed by atoms with Crippen LogP contribution in [-0.2, 0) is 6.54 Å². The van der Waals surface area contributed by atoms with Crippen molar-refractivity contribution >= 4 is 16.6 Å². The highest BCUT2D eigenvalue weighted by Crippen LogP contribution is 2.24. The van der Waals surface area contributed by atoms with Crippen molar-refractivity contribution < 1.29 is 0 Å². The van der Waals surface area contributed by atoms with Crippen molar-refractivity contribution in [2.75, 3.05) is 14.1 Å². The Labute approximate surface area is 89.1 Å². The third-order valence-corrected chi connectivity index (χ3v) is 2.37. The summed E-state index contributed by atoms with van der Waals surface area (Å²) in [6.07, 6.45) is 2.01. The molecule has 0 bridgehead atoms. The summed E-state index contributed by atoms with van der Waals surface area (Å²) in [4.78, 5) is 8.78. The average Bonchev–Trinajstić information content (AvgIpc) is 2.60. The molecule has 2 aromatic rings. The molecular formula is C12H13N3. The van der Waals surface area contributed by atoms with Crippen LogP contribution in [0.25, 0.3) is 15.7 Å². The van der Waals surface area contributed by atoms with Crippen molar-refractivity contribution in [2.45, 2.75) is 6.54 Å².